The molecule has 0 saturated carbocycles. The second-order valence-corrected chi connectivity index (χ2v) is 2.46. The average molecular weight is 148 g/mol. The summed E-state index contributed by atoms with van der Waals surface area (Å²) in [5.41, 5.74) is 2.04. The molecule has 0 bridgehead atoms. The zero-order chi connectivity index (χ0) is 7.68. The van der Waals surface area contributed by atoms with Crippen LogP contribution in [0.2, 0.25) is 0 Å². The van der Waals surface area contributed by atoms with Gasteiger partial charge in [0.15, 0.2) is 0 Å². The molecule has 11 heavy (non-hydrogen) atoms. The fourth-order valence-electron chi connectivity index (χ4n) is 1.14. The molecule has 1 aliphatic heterocycles. The van der Waals surface area contributed by atoms with Gasteiger partial charge in [0.2, 0.25) is 0 Å². The molecule has 1 heterocycles. The number of hydrogen-bond donors (Lipinski definition) is 2. The summed E-state index contributed by atoms with van der Waals surface area (Å²) in [6.45, 7) is 0.627. The summed E-state index contributed by atoms with van der Waals surface area (Å²) in [5, 5.41) is 5.40. The highest BCUT2D eigenvalue weighted by Crippen LogP contribution is 2.16. The van der Waals surface area contributed by atoms with Crippen molar-refractivity contribution in [3.63, 3.8) is 0 Å². The van der Waals surface area contributed by atoms with Crippen LogP contribution >= 0.6 is 0 Å². The maximum Gasteiger partial charge on any atom is 0.319 e. The molecule has 0 spiro atoms. The van der Waals surface area contributed by atoms with Gasteiger partial charge in [-0.25, -0.2) is 4.79 Å². The minimum absolute atomic E-state index is 0.122. The number of urea groups is 1. The number of carbonyl (C=O) groups excluding carboxylic acids is 1. The van der Waals surface area contributed by atoms with Gasteiger partial charge in [0.1, 0.15) is 0 Å². The molecule has 0 aromatic heterocycles. The summed E-state index contributed by atoms with van der Waals surface area (Å²) in [4.78, 5) is 10.8. The summed E-state index contributed by atoms with van der Waals surface area (Å²) in [6.07, 6.45) is 0. The summed E-state index contributed by atoms with van der Waals surface area (Å²) in [6, 6.07) is 7.63. The van der Waals surface area contributed by atoms with E-state index >= 15 is 0 Å². The zero-order valence-electron chi connectivity index (χ0n) is 5.92. The smallest absolute Gasteiger partial charge is 0.319 e. The first-order valence-electron chi connectivity index (χ1n) is 3.49. The first-order valence-corrected chi connectivity index (χ1v) is 3.49. The number of para-hydroxylation sites is 1. The SMILES string of the molecule is O=C1NCc2ccccc2N1. The summed E-state index contributed by atoms with van der Waals surface area (Å²) < 4.78 is 0. The number of amides is 2. The van der Waals surface area contributed by atoms with Crippen molar-refractivity contribution in [2.24, 2.45) is 0 Å². The van der Waals surface area contributed by atoms with Crippen molar-refractivity contribution >= 4 is 11.7 Å². The maximum atomic E-state index is 10.8. The monoisotopic (exact) mass is 148 g/mol. The largest absolute Gasteiger partial charge is 0.334 e. The predicted octanol–water partition coefficient (Wildman–Crippen LogP) is 1.32. The van der Waals surface area contributed by atoms with Gasteiger partial charge in [-0.15, -0.1) is 0 Å². The number of benzene rings is 1. The van der Waals surface area contributed by atoms with Gasteiger partial charge in [0.25, 0.3) is 0 Å². The molecule has 1 aliphatic rings. The van der Waals surface area contributed by atoms with Gasteiger partial charge in [-0.05, 0) is 11.6 Å². The molecule has 0 fully saturated rings. The van der Waals surface area contributed by atoms with Crippen LogP contribution < -0.4 is 10.6 Å². The van der Waals surface area contributed by atoms with Crippen LogP contribution in [0.25, 0.3) is 0 Å². The van der Waals surface area contributed by atoms with Gasteiger partial charge in [-0.2, -0.15) is 0 Å². The van der Waals surface area contributed by atoms with Crippen LogP contribution in [0.4, 0.5) is 10.5 Å². The van der Waals surface area contributed by atoms with E-state index in [4.69, 9.17) is 0 Å². The highest BCUT2D eigenvalue weighted by Gasteiger charge is 2.11. The van der Waals surface area contributed by atoms with E-state index in [0.717, 1.165) is 11.3 Å². The first-order chi connectivity index (χ1) is 5.36. The number of carbonyl (C=O) groups is 1. The van der Waals surface area contributed by atoms with Crippen LogP contribution in [-0.4, -0.2) is 6.03 Å². The molecule has 2 rings (SSSR count). The van der Waals surface area contributed by atoms with E-state index < -0.39 is 0 Å². The molecule has 0 aliphatic carbocycles. The molecular formula is C8H8N2O. The first kappa shape index (κ1) is 6.22. The summed E-state index contributed by atoms with van der Waals surface area (Å²) in [7, 11) is 0. The van der Waals surface area contributed by atoms with E-state index in [0.29, 0.717) is 6.54 Å². The Balaban J connectivity index is 2.41. The molecule has 2 amide bonds. The quantitative estimate of drug-likeness (QED) is 0.572. The van der Waals surface area contributed by atoms with E-state index in [1.54, 1.807) is 0 Å². The molecule has 3 heteroatoms. The Morgan fingerprint density at radius 2 is 2.09 bits per heavy atom. The van der Waals surface area contributed by atoms with Crippen LogP contribution in [0.15, 0.2) is 24.3 Å². The van der Waals surface area contributed by atoms with Crippen molar-refractivity contribution in [2.75, 3.05) is 5.32 Å². The minimum Gasteiger partial charge on any atom is -0.334 e. The number of fused-ring (bicyclic) bond motifs is 1. The van der Waals surface area contributed by atoms with Crippen molar-refractivity contribution in [1.82, 2.24) is 5.32 Å². The minimum atomic E-state index is -0.122. The topological polar surface area (TPSA) is 41.1 Å². The Kier molecular flexibility index (Phi) is 1.28. The third-order valence-electron chi connectivity index (χ3n) is 1.70. The van der Waals surface area contributed by atoms with Crippen molar-refractivity contribution in [3.05, 3.63) is 29.8 Å². The lowest BCUT2D eigenvalue weighted by molar-refractivity contribution is 0.251. The normalized spacial score (nSPS) is 14.7. The molecule has 2 N–H and O–H groups in total. The molecule has 3 nitrogen and oxygen atoms in total. The van der Waals surface area contributed by atoms with E-state index in [-0.39, 0.29) is 6.03 Å². The van der Waals surface area contributed by atoms with E-state index in [2.05, 4.69) is 10.6 Å². The summed E-state index contributed by atoms with van der Waals surface area (Å²) >= 11 is 0. The number of anilines is 1. The fraction of sp³-hybridized carbons (Fsp3) is 0.125. The van der Waals surface area contributed by atoms with Crippen molar-refractivity contribution in [3.8, 4) is 0 Å². The van der Waals surface area contributed by atoms with Crippen LogP contribution in [0.5, 0.6) is 0 Å². The molecule has 0 saturated heterocycles. The van der Waals surface area contributed by atoms with Crippen molar-refractivity contribution in [2.45, 2.75) is 6.54 Å². The Morgan fingerprint density at radius 1 is 1.27 bits per heavy atom. The van der Waals surface area contributed by atoms with E-state index in [1.807, 2.05) is 24.3 Å². The molecule has 0 atom stereocenters. The Morgan fingerprint density at radius 3 is 3.00 bits per heavy atom. The van der Waals surface area contributed by atoms with Gasteiger partial charge in [0.05, 0.1) is 0 Å². The third kappa shape index (κ3) is 1.05. The number of nitrogens with one attached hydrogen (secondary N) is 2. The van der Waals surface area contributed by atoms with Gasteiger partial charge in [-0.3, -0.25) is 0 Å². The van der Waals surface area contributed by atoms with E-state index in [9.17, 15) is 4.79 Å². The molecular weight excluding hydrogens is 140 g/mol. The second kappa shape index (κ2) is 2.27. The molecule has 0 unspecified atom stereocenters. The Labute approximate surface area is 64.4 Å². The molecule has 1 aromatic rings. The van der Waals surface area contributed by atoms with Crippen molar-refractivity contribution in [1.29, 1.82) is 0 Å². The highest BCUT2D eigenvalue weighted by atomic mass is 16.2. The van der Waals surface area contributed by atoms with Crippen LogP contribution in [-0.2, 0) is 6.54 Å². The average Bonchev–Trinajstić information content (AvgIpc) is 2.04. The van der Waals surface area contributed by atoms with Gasteiger partial charge < -0.3 is 10.6 Å². The van der Waals surface area contributed by atoms with Crippen molar-refractivity contribution < 1.29 is 4.79 Å². The van der Waals surface area contributed by atoms with Gasteiger partial charge in [0, 0.05) is 12.2 Å². The lowest BCUT2D eigenvalue weighted by Crippen LogP contribution is -2.33. The third-order valence-corrected chi connectivity index (χ3v) is 1.70. The predicted molar refractivity (Wildman–Crippen MR) is 42.3 cm³/mol. The Hall–Kier alpha value is -1.51. The number of hydrogen-bond acceptors (Lipinski definition) is 1. The van der Waals surface area contributed by atoms with E-state index in [1.165, 1.54) is 0 Å². The number of rotatable bonds is 0. The fourth-order valence-corrected chi connectivity index (χ4v) is 1.14. The zero-order valence-corrected chi connectivity index (χ0v) is 5.92. The lowest BCUT2D eigenvalue weighted by Gasteiger charge is -2.17. The molecule has 1 aromatic carbocycles. The van der Waals surface area contributed by atoms with Gasteiger partial charge >= 0.3 is 6.03 Å². The summed E-state index contributed by atoms with van der Waals surface area (Å²) in [5.74, 6) is 0. The Bertz CT molecular complexity index is 296. The molecule has 0 radical (unpaired) electrons. The van der Waals surface area contributed by atoms with Crippen LogP contribution in [0, 0.1) is 0 Å². The molecule has 56 valence electrons. The highest BCUT2D eigenvalue weighted by molar-refractivity contribution is 5.92. The maximum absolute atomic E-state index is 10.8. The standard InChI is InChI=1S/C8H8N2O/c11-8-9-5-6-3-1-2-4-7(6)10-8/h1-4H,5H2,(H2,9,10,11). The lowest BCUT2D eigenvalue weighted by atomic mass is 10.1. The second-order valence-electron chi connectivity index (χ2n) is 2.46. The van der Waals surface area contributed by atoms with Gasteiger partial charge in [-0.1, -0.05) is 18.2 Å². The van der Waals surface area contributed by atoms with Crippen LogP contribution in [0.3, 0.4) is 0 Å². The van der Waals surface area contributed by atoms with Crippen LogP contribution in [0.1, 0.15) is 5.56 Å².